The Hall–Kier alpha value is -3.50. The van der Waals surface area contributed by atoms with Crippen molar-refractivity contribution in [2.75, 3.05) is 52.1 Å². The largest absolute Gasteiger partial charge is 0.497 e. The SMILES string of the molecule is COc1ccc(-c2nc(C#N)c(NCC(c3ccc(N(C)C)cc3)N(C)C)o2)cc1. The Kier molecular flexibility index (Phi) is 6.60. The zero-order valence-corrected chi connectivity index (χ0v) is 18.0. The van der Waals surface area contributed by atoms with Crippen LogP contribution in [0.1, 0.15) is 17.3 Å². The zero-order valence-electron chi connectivity index (χ0n) is 18.0. The summed E-state index contributed by atoms with van der Waals surface area (Å²) in [5, 5.41) is 12.8. The summed E-state index contributed by atoms with van der Waals surface area (Å²) >= 11 is 0. The third-order valence-electron chi connectivity index (χ3n) is 4.94. The van der Waals surface area contributed by atoms with Crippen molar-refractivity contribution in [1.82, 2.24) is 9.88 Å². The van der Waals surface area contributed by atoms with Crippen LogP contribution in [0.3, 0.4) is 0 Å². The molecule has 0 aliphatic carbocycles. The molecule has 156 valence electrons. The van der Waals surface area contributed by atoms with Crippen LogP contribution in [0.25, 0.3) is 11.5 Å². The fourth-order valence-corrected chi connectivity index (χ4v) is 3.16. The van der Waals surface area contributed by atoms with E-state index in [2.05, 4.69) is 50.4 Å². The van der Waals surface area contributed by atoms with Gasteiger partial charge in [-0.15, -0.1) is 0 Å². The van der Waals surface area contributed by atoms with Gasteiger partial charge in [-0.25, -0.2) is 0 Å². The van der Waals surface area contributed by atoms with Crippen LogP contribution in [0, 0.1) is 11.3 Å². The molecule has 0 aliphatic heterocycles. The van der Waals surface area contributed by atoms with Gasteiger partial charge in [0.25, 0.3) is 0 Å². The average molecular weight is 406 g/mol. The van der Waals surface area contributed by atoms with E-state index >= 15 is 0 Å². The fourth-order valence-electron chi connectivity index (χ4n) is 3.16. The van der Waals surface area contributed by atoms with Crippen LogP contribution in [0.15, 0.2) is 52.9 Å². The molecule has 3 aromatic rings. The number of aromatic nitrogens is 1. The Bertz CT molecular complexity index is 1000. The first-order chi connectivity index (χ1) is 14.4. The first kappa shape index (κ1) is 21.2. The van der Waals surface area contributed by atoms with Crippen molar-refractivity contribution < 1.29 is 9.15 Å². The van der Waals surface area contributed by atoms with Gasteiger partial charge < -0.3 is 24.3 Å². The number of rotatable bonds is 8. The maximum absolute atomic E-state index is 9.49. The molecule has 1 atom stereocenters. The first-order valence-corrected chi connectivity index (χ1v) is 9.66. The number of hydrogen-bond donors (Lipinski definition) is 1. The minimum Gasteiger partial charge on any atom is -0.497 e. The van der Waals surface area contributed by atoms with Crippen molar-refractivity contribution in [3.05, 3.63) is 59.8 Å². The van der Waals surface area contributed by atoms with Gasteiger partial charge in [-0.1, -0.05) is 12.1 Å². The van der Waals surface area contributed by atoms with Gasteiger partial charge in [0.05, 0.1) is 13.2 Å². The maximum Gasteiger partial charge on any atom is 0.232 e. The van der Waals surface area contributed by atoms with Crippen LogP contribution in [-0.4, -0.2) is 51.7 Å². The van der Waals surface area contributed by atoms with Crippen molar-refractivity contribution in [3.8, 4) is 23.3 Å². The second-order valence-corrected chi connectivity index (χ2v) is 7.38. The molecule has 7 heteroatoms. The van der Waals surface area contributed by atoms with E-state index in [0.717, 1.165) is 17.0 Å². The number of nitriles is 1. The van der Waals surface area contributed by atoms with Gasteiger partial charge in [0, 0.05) is 31.9 Å². The normalized spacial score (nSPS) is 11.8. The molecule has 0 bridgehead atoms. The standard InChI is InChI=1S/C23H27N5O2/c1-27(2)18-10-6-16(7-11-18)21(28(3)4)15-25-23-20(14-24)26-22(30-23)17-8-12-19(29-5)13-9-17/h6-13,21,25H,15H2,1-5H3. The highest BCUT2D eigenvalue weighted by Crippen LogP contribution is 2.28. The molecule has 0 aliphatic rings. The highest BCUT2D eigenvalue weighted by atomic mass is 16.5. The summed E-state index contributed by atoms with van der Waals surface area (Å²) < 4.78 is 11.1. The van der Waals surface area contributed by atoms with Gasteiger partial charge in [0.2, 0.25) is 17.5 Å². The van der Waals surface area contributed by atoms with Gasteiger partial charge in [-0.3, -0.25) is 0 Å². The minimum atomic E-state index is 0.0993. The van der Waals surface area contributed by atoms with E-state index in [1.807, 2.05) is 52.5 Å². The molecule has 0 amide bonds. The molecule has 1 aromatic heterocycles. The second-order valence-electron chi connectivity index (χ2n) is 7.38. The van der Waals surface area contributed by atoms with Crippen molar-refractivity contribution in [3.63, 3.8) is 0 Å². The third kappa shape index (κ3) is 4.73. The Morgan fingerprint density at radius 1 is 1.07 bits per heavy atom. The molecule has 7 nitrogen and oxygen atoms in total. The predicted octanol–water partition coefficient (Wildman–Crippen LogP) is 4.00. The minimum absolute atomic E-state index is 0.0993. The van der Waals surface area contributed by atoms with E-state index < -0.39 is 0 Å². The number of oxazole rings is 1. The lowest BCUT2D eigenvalue weighted by Gasteiger charge is -2.25. The molecule has 1 N–H and O–H groups in total. The van der Waals surface area contributed by atoms with Gasteiger partial charge in [-0.05, 0) is 56.1 Å². The van der Waals surface area contributed by atoms with Crippen molar-refractivity contribution >= 4 is 11.6 Å². The summed E-state index contributed by atoms with van der Waals surface area (Å²) in [4.78, 5) is 8.53. The lowest BCUT2D eigenvalue weighted by Crippen LogP contribution is -2.27. The molecule has 1 unspecified atom stereocenters. The number of nitrogens with one attached hydrogen (secondary N) is 1. The van der Waals surface area contributed by atoms with Crippen LogP contribution >= 0.6 is 0 Å². The topological polar surface area (TPSA) is 77.6 Å². The number of likely N-dealkylation sites (N-methyl/N-ethyl adjacent to an activating group) is 1. The summed E-state index contributed by atoms with van der Waals surface area (Å²) in [5.41, 5.74) is 3.34. The van der Waals surface area contributed by atoms with Crippen LogP contribution in [0.4, 0.5) is 11.6 Å². The highest BCUT2D eigenvalue weighted by molar-refractivity contribution is 5.59. The molecule has 3 rings (SSSR count). The molecule has 0 fully saturated rings. The lowest BCUT2D eigenvalue weighted by atomic mass is 10.1. The summed E-state index contributed by atoms with van der Waals surface area (Å²) in [5.74, 6) is 1.52. The fraction of sp³-hybridized carbons (Fsp3) is 0.304. The quantitative estimate of drug-likeness (QED) is 0.607. The number of nitrogens with zero attached hydrogens (tertiary/aromatic N) is 4. The molecule has 30 heavy (non-hydrogen) atoms. The monoisotopic (exact) mass is 405 g/mol. The van der Waals surface area contributed by atoms with E-state index in [9.17, 15) is 5.26 Å². The summed E-state index contributed by atoms with van der Waals surface area (Å²) in [7, 11) is 9.72. The molecule has 0 radical (unpaired) electrons. The summed E-state index contributed by atoms with van der Waals surface area (Å²) in [6, 6.07) is 18.0. The van der Waals surface area contributed by atoms with Gasteiger partial charge in [0.1, 0.15) is 11.8 Å². The summed E-state index contributed by atoms with van der Waals surface area (Å²) in [6.45, 7) is 0.570. The molecule has 0 saturated heterocycles. The molecule has 0 spiro atoms. The molecule has 2 aromatic carbocycles. The number of ether oxygens (including phenoxy) is 1. The third-order valence-corrected chi connectivity index (χ3v) is 4.94. The molecule has 0 saturated carbocycles. The Balaban J connectivity index is 1.78. The Morgan fingerprint density at radius 3 is 2.27 bits per heavy atom. The van der Waals surface area contributed by atoms with Crippen LogP contribution in [0.2, 0.25) is 0 Å². The smallest absolute Gasteiger partial charge is 0.232 e. The lowest BCUT2D eigenvalue weighted by molar-refractivity contribution is 0.310. The van der Waals surface area contributed by atoms with Gasteiger partial charge >= 0.3 is 0 Å². The molecular formula is C23H27N5O2. The summed E-state index contributed by atoms with van der Waals surface area (Å²) in [6.07, 6.45) is 0. The second kappa shape index (κ2) is 9.33. The van der Waals surface area contributed by atoms with Crippen molar-refractivity contribution in [2.24, 2.45) is 0 Å². The van der Waals surface area contributed by atoms with E-state index in [1.165, 1.54) is 5.56 Å². The Morgan fingerprint density at radius 2 is 1.73 bits per heavy atom. The maximum atomic E-state index is 9.49. The highest BCUT2D eigenvalue weighted by Gasteiger charge is 2.19. The number of benzene rings is 2. The molecule has 1 heterocycles. The van der Waals surface area contributed by atoms with Crippen molar-refractivity contribution in [2.45, 2.75) is 6.04 Å². The first-order valence-electron chi connectivity index (χ1n) is 9.66. The molecular weight excluding hydrogens is 378 g/mol. The van der Waals surface area contributed by atoms with E-state index in [0.29, 0.717) is 18.3 Å². The number of hydrogen-bond acceptors (Lipinski definition) is 7. The number of methoxy groups -OCH3 is 1. The van der Waals surface area contributed by atoms with Crippen LogP contribution in [-0.2, 0) is 0 Å². The zero-order chi connectivity index (χ0) is 21.7. The average Bonchev–Trinajstić information content (AvgIpc) is 3.17. The van der Waals surface area contributed by atoms with Crippen LogP contribution < -0.4 is 15.0 Å². The predicted molar refractivity (Wildman–Crippen MR) is 119 cm³/mol. The van der Waals surface area contributed by atoms with Crippen LogP contribution in [0.5, 0.6) is 5.75 Å². The van der Waals surface area contributed by atoms with E-state index in [4.69, 9.17) is 9.15 Å². The van der Waals surface area contributed by atoms with Gasteiger partial charge in [-0.2, -0.15) is 10.2 Å². The van der Waals surface area contributed by atoms with E-state index in [-0.39, 0.29) is 11.7 Å². The van der Waals surface area contributed by atoms with Crippen molar-refractivity contribution in [1.29, 1.82) is 5.26 Å². The van der Waals surface area contributed by atoms with E-state index in [1.54, 1.807) is 7.11 Å². The number of anilines is 2. The van der Waals surface area contributed by atoms with Gasteiger partial charge in [0.15, 0.2) is 0 Å². The Labute approximate surface area is 177 Å².